The number of H-pyrrole nitrogens is 1. The number of aromatic nitrogens is 3. The Morgan fingerprint density at radius 2 is 1.93 bits per heavy atom. The number of fused-ring (bicyclic) bond motifs is 3. The van der Waals surface area contributed by atoms with Gasteiger partial charge in [0.2, 0.25) is 0 Å². The largest absolute Gasteiger partial charge is 0.357 e. The smallest absolute Gasteiger partial charge is 0.0757 e. The van der Waals surface area contributed by atoms with Gasteiger partial charge in [-0.3, -0.25) is 9.58 Å². The van der Waals surface area contributed by atoms with E-state index in [1.165, 1.54) is 32.6 Å². The molecule has 1 atom stereocenters. The molecule has 0 radical (unpaired) electrons. The molecule has 4 nitrogen and oxygen atoms in total. The summed E-state index contributed by atoms with van der Waals surface area (Å²) in [4.78, 5) is 7.71. The molecule has 0 saturated heterocycles. The topological polar surface area (TPSA) is 36.9 Å². The third-order valence-corrected chi connectivity index (χ3v) is 6.70. The molecular formula is C24H26N4S. The van der Waals surface area contributed by atoms with Crippen molar-refractivity contribution < 1.29 is 0 Å². The molecule has 0 aliphatic carbocycles. The molecule has 5 rings (SSSR count). The van der Waals surface area contributed by atoms with Crippen LogP contribution in [0.1, 0.15) is 29.3 Å². The number of hydrogen-bond donors (Lipinski definition) is 1. The van der Waals surface area contributed by atoms with Crippen molar-refractivity contribution in [2.45, 2.75) is 30.3 Å². The number of nitrogens with one attached hydrogen (secondary N) is 1. The van der Waals surface area contributed by atoms with Gasteiger partial charge < -0.3 is 4.98 Å². The van der Waals surface area contributed by atoms with Crippen LogP contribution in [0.5, 0.6) is 0 Å². The number of aromatic amines is 1. The molecule has 29 heavy (non-hydrogen) atoms. The molecule has 1 aliphatic rings. The van der Waals surface area contributed by atoms with Crippen LogP contribution in [0.3, 0.4) is 0 Å². The summed E-state index contributed by atoms with van der Waals surface area (Å²) < 4.78 is 2.03. The number of para-hydroxylation sites is 1. The van der Waals surface area contributed by atoms with E-state index in [0.717, 1.165) is 32.5 Å². The molecular weight excluding hydrogens is 376 g/mol. The van der Waals surface area contributed by atoms with Gasteiger partial charge in [0.25, 0.3) is 0 Å². The van der Waals surface area contributed by atoms with Gasteiger partial charge in [-0.1, -0.05) is 30.3 Å². The van der Waals surface area contributed by atoms with Crippen LogP contribution in [0.25, 0.3) is 10.9 Å². The monoisotopic (exact) mass is 402 g/mol. The Kier molecular flexibility index (Phi) is 5.17. The van der Waals surface area contributed by atoms with Crippen molar-refractivity contribution in [3.63, 3.8) is 0 Å². The van der Waals surface area contributed by atoms with Gasteiger partial charge in [0.1, 0.15) is 0 Å². The average Bonchev–Trinajstić information content (AvgIpc) is 3.41. The Bertz CT molecular complexity index is 1080. The molecule has 1 N–H and O–H groups in total. The van der Waals surface area contributed by atoms with Gasteiger partial charge in [-0.25, -0.2) is 0 Å². The lowest BCUT2D eigenvalue weighted by atomic mass is 9.92. The van der Waals surface area contributed by atoms with E-state index >= 15 is 0 Å². The molecule has 5 heteroatoms. The normalized spacial score (nSPS) is 16.9. The van der Waals surface area contributed by atoms with E-state index in [1.807, 2.05) is 23.1 Å². The zero-order chi connectivity index (χ0) is 19.6. The zero-order valence-corrected chi connectivity index (χ0v) is 17.5. The minimum atomic E-state index is 0.277. The number of hydrogen-bond acceptors (Lipinski definition) is 3. The fraction of sp³-hybridized carbons (Fsp3) is 0.292. The van der Waals surface area contributed by atoms with Crippen LogP contribution >= 0.6 is 11.8 Å². The first-order chi connectivity index (χ1) is 14.3. The lowest BCUT2D eigenvalue weighted by molar-refractivity contribution is 0.204. The lowest BCUT2D eigenvalue weighted by Gasteiger charge is -2.36. The summed E-state index contributed by atoms with van der Waals surface area (Å²) in [6, 6.07) is 20.1. The molecule has 1 unspecified atom stereocenters. The fourth-order valence-electron chi connectivity index (χ4n) is 4.56. The average molecular weight is 403 g/mol. The van der Waals surface area contributed by atoms with Crippen LogP contribution in [-0.4, -0.2) is 39.0 Å². The Morgan fingerprint density at radius 3 is 2.72 bits per heavy atom. The molecule has 2 aromatic heterocycles. The number of nitrogens with zero attached hydrogens (tertiary/aromatic N) is 3. The SMILES string of the molecule is CSc1ccc(C2c3[nH]c4ccccc4c3CCN2CCCn2cccn2)cc1. The van der Waals surface area contributed by atoms with Crippen molar-refractivity contribution in [1.29, 1.82) is 0 Å². The van der Waals surface area contributed by atoms with Crippen LogP contribution in [0.2, 0.25) is 0 Å². The maximum absolute atomic E-state index is 4.35. The highest BCUT2D eigenvalue weighted by molar-refractivity contribution is 7.98. The summed E-state index contributed by atoms with van der Waals surface area (Å²) in [7, 11) is 0. The minimum absolute atomic E-state index is 0.277. The Balaban J connectivity index is 1.48. The van der Waals surface area contributed by atoms with Crippen molar-refractivity contribution >= 4 is 22.7 Å². The maximum atomic E-state index is 4.35. The van der Waals surface area contributed by atoms with Gasteiger partial charge in [-0.15, -0.1) is 11.8 Å². The van der Waals surface area contributed by atoms with Gasteiger partial charge in [-0.2, -0.15) is 5.10 Å². The molecule has 148 valence electrons. The first-order valence-corrected chi connectivity index (χ1v) is 11.5. The van der Waals surface area contributed by atoms with Crippen LogP contribution < -0.4 is 0 Å². The van der Waals surface area contributed by atoms with Crippen molar-refractivity contribution in [1.82, 2.24) is 19.7 Å². The number of benzene rings is 2. The highest BCUT2D eigenvalue weighted by Crippen LogP contribution is 2.38. The van der Waals surface area contributed by atoms with Gasteiger partial charge in [0, 0.05) is 53.5 Å². The van der Waals surface area contributed by atoms with E-state index in [4.69, 9.17) is 0 Å². The van der Waals surface area contributed by atoms with Gasteiger partial charge in [0.15, 0.2) is 0 Å². The standard InChI is InChI=1S/C24H26N4S/c1-29-19-10-8-18(9-11-19)24-23-21(20-6-2-3-7-22(20)26-23)12-17-27(24)14-5-16-28-15-4-13-25-28/h2-4,6-11,13,15,24,26H,5,12,14,16-17H2,1H3. The molecule has 3 heterocycles. The van der Waals surface area contributed by atoms with Crippen molar-refractivity contribution in [3.05, 3.63) is 83.8 Å². The molecule has 0 amide bonds. The van der Waals surface area contributed by atoms with Crippen molar-refractivity contribution in [3.8, 4) is 0 Å². The second-order valence-electron chi connectivity index (χ2n) is 7.65. The van der Waals surface area contributed by atoms with E-state index < -0.39 is 0 Å². The third-order valence-electron chi connectivity index (χ3n) is 5.96. The highest BCUT2D eigenvalue weighted by atomic mass is 32.2. The maximum Gasteiger partial charge on any atom is 0.0757 e. The van der Waals surface area contributed by atoms with E-state index in [1.54, 1.807) is 11.8 Å². The predicted molar refractivity (Wildman–Crippen MR) is 120 cm³/mol. The fourth-order valence-corrected chi connectivity index (χ4v) is 4.97. The van der Waals surface area contributed by atoms with E-state index in [-0.39, 0.29) is 6.04 Å². The molecule has 0 spiro atoms. The van der Waals surface area contributed by atoms with E-state index in [9.17, 15) is 0 Å². The molecule has 0 bridgehead atoms. The molecule has 4 aromatic rings. The minimum Gasteiger partial charge on any atom is -0.357 e. The second-order valence-corrected chi connectivity index (χ2v) is 8.53. The van der Waals surface area contributed by atoms with E-state index in [0.29, 0.717) is 0 Å². The Labute approximate surface area is 175 Å². The van der Waals surface area contributed by atoms with Crippen molar-refractivity contribution in [2.75, 3.05) is 19.3 Å². The zero-order valence-electron chi connectivity index (χ0n) is 16.7. The molecule has 1 aliphatic heterocycles. The highest BCUT2D eigenvalue weighted by Gasteiger charge is 2.31. The first kappa shape index (κ1) is 18.5. The van der Waals surface area contributed by atoms with Crippen LogP contribution in [0.4, 0.5) is 0 Å². The molecule has 0 fully saturated rings. The number of aryl methyl sites for hydroxylation is 1. The van der Waals surface area contributed by atoms with Crippen LogP contribution in [0.15, 0.2) is 71.9 Å². The van der Waals surface area contributed by atoms with Gasteiger partial charge >= 0.3 is 0 Å². The van der Waals surface area contributed by atoms with Crippen LogP contribution in [-0.2, 0) is 13.0 Å². The summed E-state index contributed by atoms with van der Waals surface area (Å²) in [5.41, 5.74) is 5.48. The molecule has 0 saturated carbocycles. The summed E-state index contributed by atoms with van der Waals surface area (Å²) in [6.45, 7) is 3.10. The summed E-state index contributed by atoms with van der Waals surface area (Å²) in [5, 5.41) is 5.73. The van der Waals surface area contributed by atoms with Gasteiger partial charge in [-0.05, 0) is 54.5 Å². The van der Waals surface area contributed by atoms with Gasteiger partial charge in [0.05, 0.1) is 6.04 Å². The summed E-state index contributed by atoms with van der Waals surface area (Å²) >= 11 is 1.80. The van der Waals surface area contributed by atoms with Crippen molar-refractivity contribution in [2.24, 2.45) is 0 Å². The number of thioether (sulfide) groups is 1. The summed E-state index contributed by atoms with van der Waals surface area (Å²) in [6.07, 6.45) is 8.22. The lowest BCUT2D eigenvalue weighted by Crippen LogP contribution is -2.37. The summed E-state index contributed by atoms with van der Waals surface area (Å²) in [5.74, 6) is 0. The van der Waals surface area contributed by atoms with Crippen LogP contribution in [0, 0.1) is 0 Å². The Hall–Kier alpha value is -2.50. The third kappa shape index (κ3) is 3.61. The predicted octanol–water partition coefficient (Wildman–Crippen LogP) is 5.12. The first-order valence-electron chi connectivity index (χ1n) is 10.3. The van der Waals surface area contributed by atoms with E-state index in [2.05, 4.69) is 69.8 Å². The quantitative estimate of drug-likeness (QED) is 0.455. The number of rotatable bonds is 6. The Morgan fingerprint density at radius 1 is 1.07 bits per heavy atom. The molecule has 2 aromatic carbocycles. The second kappa shape index (κ2) is 8.09.